The molecule has 2 fully saturated rings. The number of nitrogens with two attached hydrogens (primary N) is 3. The van der Waals surface area contributed by atoms with Crippen LogP contribution in [0.4, 0.5) is 0 Å². The molecule has 0 radical (unpaired) electrons. The average molecular weight is 799 g/mol. The van der Waals surface area contributed by atoms with E-state index in [1.807, 2.05) is 13.8 Å². The number of nitrogens with one attached hydrogen (secondary N) is 4. The Kier molecular flexibility index (Phi) is 18.9. The summed E-state index contributed by atoms with van der Waals surface area (Å²) in [7, 11) is 0. The zero-order valence-corrected chi connectivity index (χ0v) is 32.0. The summed E-state index contributed by atoms with van der Waals surface area (Å²) in [6, 6.07) is -8.98. The van der Waals surface area contributed by atoms with E-state index in [4.69, 9.17) is 22.3 Å². The molecule has 14 N–H and O–H groups in total. The van der Waals surface area contributed by atoms with E-state index >= 15 is 0 Å². The molecule has 0 aliphatic carbocycles. The van der Waals surface area contributed by atoms with E-state index in [0.29, 0.717) is 12.8 Å². The maximum Gasteiger partial charge on any atom is 0.326 e. The molecule has 6 amide bonds. The minimum atomic E-state index is -1.62. The molecular weight excluding hydrogens is 740 g/mol. The summed E-state index contributed by atoms with van der Waals surface area (Å²) in [5.74, 6) is -7.59. The van der Waals surface area contributed by atoms with Gasteiger partial charge in [0, 0.05) is 26.1 Å². The number of guanidine groups is 1. The fourth-order valence-electron chi connectivity index (χ4n) is 6.47. The Morgan fingerprint density at radius 1 is 0.768 bits per heavy atom. The van der Waals surface area contributed by atoms with Crippen molar-refractivity contribution in [3.63, 3.8) is 0 Å². The third-order valence-electron chi connectivity index (χ3n) is 9.46. The van der Waals surface area contributed by atoms with Crippen molar-refractivity contribution < 1.29 is 58.8 Å². The van der Waals surface area contributed by atoms with Crippen molar-refractivity contribution in [2.24, 2.45) is 28.1 Å². The van der Waals surface area contributed by atoms with Crippen molar-refractivity contribution in [3.05, 3.63) is 0 Å². The van der Waals surface area contributed by atoms with Gasteiger partial charge in [-0.15, -0.1) is 0 Å². The molecule has 8 atom stereocenters. The summed E-state index contributed by atoms with van der Waals surface area (Å²) in [5, 5.41) is 48.0. The number of aliphatic carboxylic acids is 2. The van der Waals surface area contributed by atoms with E-state index in [2.05, 4.69) is 26.3 Å². The maximum atomic E-state index is 14.0. The number of rotatable bonds is 22. The van der Waals surface area contributed by atoms with Crippen LogP contribution in [0.3, 0.4) is 0 Å². The van der Waals surface area contributed by atoms with Crippen molar-refractivity contribution in [2.45, 2.75) is 127 Å². The minimum Gasteiger partial charge on any atom is -0.481 e. The molecule has 22 nitrogen and oxygen atoms in total. The lowest BCUT2D eigenvalue weighted by Gasteiger charge is -2.34. The molecule has 2 aliphatic rings. The Morgan fingerprint density at radius 3 is 1.89 bits per heavy atom. The number of carbonyl (C=O) groups is 8. The van der Waals surface area contributed by atoms with E-state index in [1.54, 1.807) is 0 Å². The van der Waals surface area contributed by atoms with Gasteiger partial charge in [-0.25, -0.2) is 4.79 Å². The third-order valence-corrected chi connectivity index (χ3v) is 9.46. The molecule has 0 bridgehead atoms. The molecule has 2 saturated heterocycles. The molecular formula is C34H58N10O12. The van der Waals surface area contributed by atoms with Gasteiger partial charge in [0.15, 0.2) is 5.96 Å². The highest BCUT2D eigenvalue weighted by atomic mass is 16.4. The zero-order chi connectivity index (χ0) is 42.3. The molecule has 0 aromatic carbocycles. The summed E-state index contributed by atoms with van der Waals surface area (Å²) in [5.41, 5.74) is 16.5. The molecule has 0 aromatic heterocycles. The van der Waals surface area contributed by atoms with Gasteiger partial charge >= 0.3 is 11.9 Å². The van der Waals surface area contributed by atoms with Crippen molar-refractivity contribution in [2.75, 3.05) is 26.2 Å². The van der Waals surface area contributed by atoms with Crippen LogP contribution in [0.25, 0.3) is 0 Å². The smallest absolute Gasteiger partial charge is 0.326 e. The van der Waals surface area contributed by atoms with Gasteiger partial charge in [0.25, 0.3) is 0 Å². The normalized spacial score (nSPS) is 19.8. The number of aliphatic imine (C=N–C) groups is 1. The van der Waals surface area contributed by atoms with Crippen LogP contribution in [0.5, 0.6) is 0 Å². The Bertz CT molecular complexity index is 1460. The first-order chi connectivity index (χ1) is 26.3. The zero-order valence-electron chi connectivity index (χ0n) is 32.0. The molecule has 316 valence electrons. The predicted octanol–water partition coefficient (Wildman–Crippen LogP) is -4.34. The highest BCUT2D eigenvalue weighted by Crippen LogP contribution is 2.26. The van der Waals surface area contributed by atoms with Gasteiger partial charge in [-0.05, 0) is 64.2 Å². The number of aliphatic hydroxyl groups excluding tert-OH is 2. The molecule has 56 heavy (non-hydrogen) atoms. The van der Waals surface area contributed by atoms with Crippen LogP contribution in [0, 0.1) is 5.92 Å². The number of amides is 6. The van der Waals surface area contributed by atoms with Gasteiger partial charge in [0.2, 0.25) is 35.4 Å². The molecule has 2 aliphatic heterocycles. The number of carbonyl (C=O) groups excluding carboxylic acids is 6. The minimum absolute atomic E-state index is 0.0310. The predicted molar refractivity (Wildman–Crippen MR) is 198 cm³/mol. The summed E-state index contributed by atoms with van der Waals surface area (Å²) < 4.78 is 0. The number of carboxylic acids is 2. The lowest BCUT2D eigenvalue weighted by atomic mass is 10.0. The lowest BCUT2D eigenvalue weighted by Crippen LogP contribution is -2.60. The van der Waals surface area contributed by atoms with E-state index in [9.17, 15) is 53.7 Å². The van der Waals surface area contributed by atoms with Gasteiger partial charge in [-0.1, -0.05) is 13.8 Å². The SMILES string of the molecule is CC(C)CC(NC(=O)C(N)C(C)O)C(=O)N1CCCC1C(=O)N1CCCC1C(=O)NC(CO)C(=O)NC(CCCN=C(N)N)C(=O)NC(CCC(=O)O)C(=O)O. The summed E-state index contributed by atoms with van der Waals surface area (Å²) in [6.07, 6.45) is -0.572. The highest BCUT2D eigenvalue weighted by molar-refractivity contribution is 5.97. The Labute approximate surface area is 324 Å². The first kappa shape index (κ1) is 47.1. The number of nitrogens with zero attached hydrogens (tertiary/aromatic N) is 3. The molecule has 8 unspecified atom stereocenters. The maximum absolute atomic E-state index is 14.0. The summed E-state index contributed by atoms with van der Waals surface area (Å²) >= 11 is 0. The van der Waals surface area contributed by atoms with Crippen LogP contribution in [0.2, 0.25) is 0 Å². The quantitative estimate of drug-likeness (QED) is 0.0280. The van der Waals surface area contributed by atoms with Crippen molar-refractivity contribution in [1.29, 1.82) is 0 Å². The summed E-state index contributed by atoms with van der Waals surface area (Å²) in [6.45, 7) is 4.53. The van der Waals surface area contributed by atoms with E-state index < -0.39 is 115 Å². The Morgan fingerprint density at radius 2 is 1.34 bits per heavy atom. The third kappa shape index (κ3) is 14.2. The van der Waals surface area contributed by atoms with Gasteiger partial charge in [-0.2, -0.15) is 0 Å². The first-order valence-electron chi connectivity index (χ1n) is 18.7. The fraction of sp³-hybridized carbons (Fsp3) is 0.735. The fourth-order valence-corrected chi connectivity index (χ4v) is 6.47. The number of hydrogen-bond donors (Lipinski definition) is 11. The van der Waals surface area contributed by atoms with Crippen LogP contribution >= 0.6 is 0 Å². The summed E-state index contributed by atoms with van der Waals surface area (Å²) in [4.78, 5) is 110. The van der Waals surface area contributed by atoms with Gasteiger partial charge < -0.3 is 68.7 Å². The second kappa shape index (κ2) is 22.5. The second-order valence-corrected chi connectivity index (χ2v) is 14.4. The van der Waals surface area contributed by atoms with Gasteiger partial charge in [-0.3, -0.25) is 38.6 Å². The second-order valence-electron chi connectivity index (χ2n) is 14.4. The topological polar surface area (TPSA) is 362 Å². The van der Waals surface area contributed by atoms with Crippen LogP contribution in [0.15, 0.2) is 4.99 Å². The molecule has 0 saturated carbocycles. The lowest BCUT2D eigenvalue weighted by molar-refractivity contribution is -0.148. The standard InChI is InChI=1S/C34H58N10O12/c1-17(2)15-21(41-30(52)26(35)18(3)46)31(53)44-14-6-9-24(44)32(54)43-13-5-8-23(43)29(51)42-22(16-45)28(50)39-19(7-4-12-38-34(36)37)27(49)40-20(33(55)56)10-11-25(47)48/h17-24,26,45-46H,4-16,35H2,1-3H3,(H,39,50)(H,40,49)(H,41,52)(H,42,51)(H,47,48)(H,55,56)(H4,36,37,38). The average Bonchev–Trinajstić information content (AvgIpc) is 3.82. The Balaban J connectivity index is 2.20. The first-order valence-corrected chi connectivity index (χ1v) is 18.7. The Hall–Kier alpha value is -5.09. The molecule has 2 heterocycles. The van der Waals surface area contributed by atoms with Crippen LogP contribution < -0.4 is 38.5 Å². The van der Waals surface area contributed by atoms with Crippen molar-refractivity contribution in [1.82, 2.24) is 31.1 Å². The van der Waals surface area contributed by atoms with Gasteiger partial charge in [0.05, 0.1) is 12.7 Å². The van der Waals surface area contributed by atoms with Crippen molar-refractivity contribution in [3.8, 4) is 0 Å². The van der Waals surface area contributed by atoms with E-state index in [-0.39, 0.29) is 63.6 Å². The van der Waals surface area contributed by atoms with Crippen LogP contribution in [-0.2, 0) is 38.4 Å². The number of carboxylic acid groups (broad SMARTS) is 2. The largest absolute Gasteiger partial charge is 0.481 e. The van der Waals surface area contributed by atoms with Crippen LogP contribution in [-0.4, -0.2) is 158 Å². The molecule has 22 heteroatoms. The molecule has 0 aromatic rings. The number of aliphatic hydroxyl groups is 2. The highest BCUT2D eigenvalue weighted by Gasteiger charge is 2.44. The van der Waals surface area contributed by atoms with Crippen molar-refractivity contribution >= 4 is 53.3 Å². The molecule has 2 rings (SSSR count). The number of hydrogen-bond acceptors (Lipinski definition) is 12. The van der Waals surface area contributed by atoms with E-state index in [1.165, 1.54) is 16.7 Å². The molecule has 0 spiro atoms. The monoisotopic (exact) mass is 798 g/mol. The number of likely N-dealkylation sites (tertiary alicyclic amines) is 2. The van der Waals surface area contributed by atoms with Gasteiger partial charge in [0.1, 0.15) is 42.3 Å². The van der Waals surface area contributed by atoms with E-state index in [0.717, 1.165) is 0 Å². The van der Waals surface area contributed by atoms with Crippen LogP contribution in [0.1, 0.15) is 78.6 Å².